The maximum Gasteiger partial charge on any atom is 0.416 e. The molecule has 2 rings (SSSR count). The third-order valence-corrected chi connectivity index (χ3v) is 2.72. The SMILES string of the molecule is NC(c1ccc(C(F)(F)F)cc1)c1noc(C(F)(F)Cl)n1. The van der Waals surface area contributed by atoms with Crippen LogP contribution in [0, 0.1) is 0 Å². The maximum atomic E-state index is 12.7. The van der Waals surface area contributed by atoms with Crippen LogP contribution in [-0.2, 0) is 11.6 Å². The fourth-order valence-electron chi connectivity index (χ4n) is 1.50. The lowest BCUT2D eigenvalue weighted by atomic mass is 10.0. The summed E-state index contributed by atoms with van der Waals surface area (Å²) in [4.78, 5) is 3.32. The van der Waals surface area contributed by atoms with Gasteiger partial charge in [0, 0.05) is 0 Å². The smallest absolute Gasteiger partial charge is 0.331 e. The van der Waals surface area contributed by atoms with Crippen LogP contribution < -0.4 is 5.73 Å². The maximum absolute atomic E-state index is 12.7. The first-order chi connectivity index (χ1) is 9.59. The topological polar surface area (TPSA) is 64.9 Å². The van der Waals surface area contributed by atoms with Crippen LogP contribution >= 0.6 is 11.6 Å². The Labute approximate surface area is 119 Å². The van der Waals surface area contributed by atoms with Crippen LogP contribution in [-0.4, -0.2) is 10.1 Å². The number of nitrogens with two attached hydrogens (primary N) is 1. The van der Waals surface area contributed by atoms with Crippen molar-refractivity contribution in [3.05, 3.63) is 47.1 Å². The van der Waals surface area contributed by atoms with E-state index in [0.29, 0.717) is 0 Å². The molecule has 1 aromatic heterocycles. The highest BCUT2D eigenvalue weighted by Crippen LogP contribution is 2.32. The molecule has 2 aromatic rings. The van der Waals surface area contributed by atoms with Gasteiger partial charge in [-0.2, -0.15) is 26.9 Å². The molecular weight excluding hydrogens is 321 g/mol. The number of hydrogen-bond donors (Lipinski definition) is 1. The van der Waals surface area contributed by atoms with Crippen molar-refractivity contribution in [2.45, 2.75) is 17.6 Å². The monoisotopic (exact) mass is 327 g/mol. The molecule has 1 unspecified atom stereocenters. The van der Waals surface area contributed by atoms with E-state index < -0.39 is 29.1 Å². The molecule has 0 aliphatic carbocycles. The summed E-state index contributed by atoms with van der Waals surface area (Å²) >= 11 is 4.70. The predicted molar refractivity (Wildman–Crippen MR) is 61.5 cm³/mol. The molecule has 0 aliphatic heterocycles. The molecule has 1 aromatic carbocycles. The van der Waals surface area contributed by atoms with Gasteiger partial charge in [0.25, 0.3) is 0 Å². The summed E-state index contributed by atoms with van der Waals surface area (Å²) in [7, 11) is 0. The Bertz CT molecular complexity index is 620. The fourth-order valence-corrected chi connectivity index (χ4v) is 1.58. The van der Waals surface area contributed by atoms with E-state index >= 15 is 0 Å². The van der Waals surface area contributed by atoms with Crippen molar-refractivity contribution in [3.8, 4) is 0 Å². The molecule has 0 saturated heterocycles. The highest BCUT2D eigenvalue weighted by Gasteiger charge is 2.36. The highest BCUT2D eigenvalue weighted by molar-refractivity contribution is 6.21. The molecule has 114 valence electrons. The molecule has 0 bridgehead atoms. The molecule has 4 nitrogen and oxygen atoms in total. The van der Waals surface area contributed by atoms with E-state index in [0.717, 1.165) is 24.3 Å². The van der Waals surface area contributed by atoms with E-state index in [1.165, 1.54) is 0 Å². The van der Waals surface area contributed by atoms with Crippen molar-refractivity contribution in [1.82, 2.24) is 10.1 Å². The zero-order chi connectivity index (χ0) is 15.8. The van der Waals surface area contributed by atoms with Crippen LogP contribution in [0.3, 0.4) is 0 Å². The average molecular weight is 328 g/mol. The number of halogens is 6. The minimum absolute atomic E-state index is 0.202. The van der Waals surface area contributed by atoms with Crippen molar-refractivity contribution in [2.75, 3.05) is 0 Å². The van der Waals surface area contributed by atoms with Gasteiger partial charge in [0.2, 0.25) is 0 Å². The third-order valence-electron chi connectivity index (χ3n) is 2.56. The van der Waals surface area contributed by atoms with Gasteiger partial charge in [-0.15, -0.1) is 0 Å². The van der Waals surface area contributed by atoms with E-state index in [1.54, 1.807) is 0 Å². The Balaban J connectivity index is 2.24. The van der Waals surface area contributed by atoms with E-state index in [4.69, 9.17) is 17.3 Å². The molecule has 21 heavy (non-hydrogen) atoms. The van der Waals surface area contributed by atoms with Gasteiger partial charge >= 0.3 is 17.4 Å². The van der Waals surface area contributed by atoms with Crippen LogP contribution in [0.1, 0.15) is 28.9 Å². The summed E-state index contributed by atoms with van der Waals surface area (Å²) in [5, 5.41) is -0.610. The Morgan fingerprint density at radius 2 is 1.67 bits per heavy atom. The standard InChI is InChI=1S/C11H7ClF5N3O/c12-10(13,14)9-19-8(20-21-9)7(18)5-1-3-6(4-2-5)11(15,16)17/h1-4,7H,18H2. The number of nitrogens with zero attached hydrogens (tertiary/aromatic N) is 2. The third kappa shape index (κ3) is 3.48. The Hall–Kier alpha value is -1.74. The van der Waals surface area contributed by atoms with Crippen molar-refractivity contribution < 1.29 is 26.5 Å². The van der Waals surface area contributed by atoms with Crippen molar-refractivity contribution in [3.63, 3.8) is 0 Å². The van der Waals surface area contributed by atoms with E-state index in [9.17, 15) is 22.0 Å². The second kappa shape index (κ2) is 5.23. The molecule has 1 atom stereocenters. The zero-order valence-electron chi connectivity index (χ0n) is 10.0. The normalized spacial score (nSPS) is 14.2. The summed E-state index contributed by atoms with van der Waals surface area (Å²) < 4.78 is 66.9. The van der Waals surface area contributed by atoms with Crippen LogP contribution in [0.5, 0.6) is 0 Å². The second-order valence-electron chi connectivity index (χ2n) is 4.05. The average Bonchev–Trinajstić information content (AvgIpc) is 2.86. The molecule has 0 aliphatic rings. The van der Waals surface area contributed by atoms with Gasteiger partial charge in [-0.05, 0) is 29.3 Å². The Morgan fingerprint density at radius 1 is 1.10 bits per heavy atom. The number of benzene rings is 1. The molecule has 0 radical (unpaired) electrons. The number of hydrogen-bond acceptors (Lipinski definition) is 4. The molecule has 0 amide bonds. The van der Waals surface area contributed by atoms with Crippen molar-refractivity contribution >= 4 is 11.6 Å². The lowest BCUT2D eigenvalue weighted by molar-refractivity contribution is -0.137. The van der Waals surface area contributed by atoms with E-state index in [-0.39, 0.29) is 11.4 Å². The highest BCUT2D eigenvalue weighted by atomic mass is 35.5. The summed E-state index contributed by atoms with van der Waals surface area (Å²) in [6.07, 6.45) is -4.48. The van der Waals surface area contributed by atoms with Gasteiger partial charge in [0.05, 0.1) is 11.6 Å². The molecule has 0 fully saturated rings. The summed E-state index contributed by atoms with van der Waals surface area (Å²) in [5.41, 5.74) is 5.02. The largest absolute Gasteiger partial charge is 0.416 e. The van der Waals surface area contributed by atoms with Crippen LogP contribution in [0.25, 0.3) is 0 Å². The Kier molecular flexibility index (Phi) is 3.89. The van der Waals surface area contributed by atoms with Gasteiger partial charge in [0.1, 0.15) is 0 Å². The minimum atomic E-state index is -4.48. The van der Waals surface area contributed by atoms with Gasteiger partial charge in [-0.3, -0.25) is 0 Å². The summed E-state index contributed by atoms with van der Waals surface area (Å²) in [6, 6.07) is 2.70. The van der Waals surface area contributed by atoms with Crippen molar-refractivity contribution in [1.29, 1.82) is 0 Å². The van der Waals surface area contributed by atoms with Crippen molar-refractivity contribution in [2.24, 2.45) is 5.73 Å². The molecule has 1 heterocycles. The van der Waals surface area contributed by atoms with Gasteiger partial charge in [0.15, 0.2) is 5.82 Å². The van der Waals surface area contributed by atoms with Crippen LogP contribution in [0.4, 0.5) is 22.0 Å². The van der Waals surface area contributed by atoms with Crippen LogP contribution in [0.2, 0.25) is 0 Å². The van der Waals surface area contributed by atoms with Gasteiger partial charge in [-0.25, -0.2) is 0 Å². The minimum Gasteiger partial charge on any atom is -0.331 e. The van der Waals surface area contributed by atoms with Gasteiger partial charge in [-0.1, -0.05) is 17.3 Å². The predicted octanol–water partition coefficient (Wildman–Crippen LogP) is 3.42. The number of alkyl halides is 6. The summed E-state index contributed by atoms with van der Waals surface area (Å²) in [6.45, 7) is 0. The van der Waals surface area contributed by atoms with Crippen LogP contribution in [0.15, 0.2) is 28.8 Å². The number of aromatic nitrogens is 2. The molecule has 10 heteroatoms. The lowest BCUT2D eigenvalue weighted by Crippen LogP contribution is -2.15. The first kappa shape index (κ1) is 15.6. The number of rotatable bonds is 3. The first-order valence-electron chi connectivity index (χ1n) is 5.42. The molecule has 2 N–H and O–H groups in total. The molecule has 0 saturated carbocycles. The molecule has 0 spiro atoms. The van der Waals surface area contributed by atoms with E-state index in [2.05, 4.69) is 14.7 Å². The first-order valence-corrected chi connectivity index (χ1v) is 5.80. The van der Waals surface area contributed by atoms with Gasteiger partial charge < -0.3 is 10.3 Å². The fraction of sp³-hybridized carbons (Fsp3) is 0.273. The quantitative estimate of drug-likeness (QED) is 0.693. The molecular formula is C11H7ClF5N3O. The zero-order valence-corrected chi connectivity index (χ0v) is 10.8. The Morgan fingerprint density at radius 3 is 2.10 bits per heavy atom. The van der Waals surface area contributed by atoms with E-state index in [1.807, 2.05) is 0 Å². The lowest BCUT2D eigenvalue weighted by Gasteiger charge is -2.10. The second-order valence-corrected chi connectivity index (χ2v) is 4.53. The summed E-state index contributed by atoms with van der Waals surface area (Å²) in [5.74, 6) is -1.45.